The van der Waals surface area contributed by atoms with Crippen molar-refractivity contribution >= 4 is 15.9 Å². The van der Waals surface area contributed by atoms with E-state index >= 15 is 0 Å². The lowest BCUT2D eigenvalue weighted by molar-refractivity contribution is 0.616. The van der Waals surface area contributed by atoms with Gasteiger partial charge in [0.25, 0.3) is 0 Å². The van der Waals surface area contributed by atoms with Crippen molar-refractivity contribution < 1.29 is 4.39 Å². The minimum Gasteiger partial charge on any atom is -0.260 e. The van der Waals surface area contributed by atoms with E-state index < -0.39 is 0 Å². The molecule has 3 heteroatoms. The van der Waals surface area contributed by atoms with E-state index in [4.69, 9.17) is 0 Å². The minimum absolute atomic E-state index is 0.262. The molecule has 0 atom stereocenters. The zero-order chi connectivity index (χ0) is 6.85. The molecule has 0 spiro atoms. The maximum absolute atomic E-state index is 12.5. The molecule has 0 fully saturated rings. The van der Waals surface area contributed by atoms with Crippen LogP contribution in [0.1, 0.15) is 5.69 Å². The van der Waals surface area contributed by atoms with Crippen LogP contribution in [0.15, 0.2) is 16.7 Å². The summed E-state index contributed by atoms with van der Waals surface area (Å²) in [5.41, 5.74) is 0.676. The van der Waals surface area contributed by atoms with Crippen LogP contribution < -0.4 is 0 Å². The number of aryl methyl sites for hydroxylation is 1. The van der Waals surface area contributed by atoms with Gasteiger partial charge in [0.15, 0.2) is 0 Å². The molecule has 1 heterocycles. The van der Waals surface area contributed by atoms with Crippen LogP contribution in [0.3, 0.4) is 0 Å². The summed E-state index contributed by atoms with van der Waals surface area (Å²) < 4.78 is 12.9. The zero-order valence-corrected chi connectivity index (χ0v) is 6.44. The minimum atomic E-state index is -0.262. The summed E-state index contributed by atoms with van der Waals surface area (Å²) in [7, 11) is 0. The summed E-state index contributed by atoms with van der Waals surface area (Å²) in [6, 6.07) is 1.32. The average molecular weight is 190 g/mol. The molecule has 0 aliphatic rings. The van der Waals surface area contributed by atoms with Crippen molar-refractivity contribution in [3.05, 3.63) is 28.2 Å². The molecule has 0 saturated carbocycles. The van der Waals surface area contributed by atoms with E-state index in [9.17, 15) is 4.39 Å². The number of halogens is 2. The molecule has 0 bridgehead atoms. The number of pyridine rings is 1. The fourth-order valence-corrected chi connectivity index (χ4v) is 0.752. The fourth-order valence-electron chi connectivity index (χ4n) is 0.517. The molecule has 9 heavy (non-hydrogen) atoms. The van der Waals surface area contributed by atoms with Crippen molar-refractivity contribution in [2.24, 2.45) is 0 Å². The lowest BCUT2D eigenvalue weighted by Gasteiger charge is -1.94. The van der Waals surface area contributed by atoms with Gasteiger partial charge in [-0.2, -0.15) is 0 Å². The number of nitrogens with zero attached hydrogens (tertiary/aromatic N) is 1. The van der Waals surface area contributed by atoms with Crippen LogP contribution in [-0.2, 0) is 0 Å². The molecule has 1 aromatic heterocycles. The van der Waals surface area contributed by atoms with Crippen molar-refractivity contribution in [2.45, 2.75) is 6.92 Å². The van der Waals surface area contributed by atoms with Crippen LogP contribution in [0, 0.1) is 12.7 Å². The average Bonchev–Trinajstić information content (AvgIpc) is 1.83. The fraction of sp³-hybridized carbons (Fsp3) is 0.167. The standard InChI is InChI=1S/C6H5BrFN/c1-4-6(7)5(8)2-3-9-4/h2-3H,1H3. The Labute approximate surface area is 61.0 Å². The second-order valence-electron chi connectivity index (χ2n) is 1.69. The molecule has 0 radical (unpaired) electrons. The van der Waals surface area contributed by atoms with E-state index in [1.54, 1.807) is 6.92 Å². The normalized spacial score (nSPS) is 9.67. The molecule has 1 nitrogen and oxygen atoms in total. The second kappa shape index (κ2) is 2.43. The molecule has 0 amide bonds. The van der Waals surface area contributed by atoms with Crippen molar-refractivity contribution in [2.75, 3.05) is 0 Å². The SMILES string of the molecule is Cc1nccc(F)c1Br. The smallest absolute Gasteiger partial charge is 0.140 e. The summed E-state index contributed by atoms with van der Waals surface area (Å²) in [5, 5.41) is 0. The summed E-state index contributed by atoms with van der Waals surface area (Å²) in [5.74, 6) is -0.262. The molecule has 0 N–H and O–H groups in total. The topological polar surface area (TPSA) is 12.9 Å². The molecular formula is C6H5BrFN. The Morgan fingerprint density at radius 1 is 1.67 bits per heavy atom. The third kappa shape index (κ3) is 1.27. The highest BCUT2D eigenvalue weighted by Crippen LogP contribution is 2.16. The van der Waals surface area contributed by atoms with Crippen LogP contribution in [0.5, 0.6) is 0 Å². The molecular weight excluding hydrogens is 185 g/mol. The first kappa shape index (κ1) is 6.68. The zero-order valence-electron chi connectivity index (χ0n) is 4.86. The van der Waals surface area contributed by atoms with Gasteiger partial charge in [-0.1, -0.05) is 0 Å². The van der Waals surface area contributed by atoms with E-state index in [1.165, 1.54) is 12.3 Å². The molecule has 1 rings (SSSR count). The number of hydrogen-bond acceptors (Lipinski definition) is 1. The monoisotopic (exact) mass is 189 g/mol. The van der Waals surface area contributed by atoms with E-state index in [0.29, 0.717) is 10.2 Å². The molecule has 0 aromatic carbocycles. The van der Waals surface area contributed by atoms with E-state index in [-0.39, 0.29) is 5.82 Å². The van der Waals surface area contributed by atoms with Crippen molar-refractivity contribution in [3.63, 3.8) is 0 Å². The van der Waals surface area contributed by atoms with Crippen molar-refractivity contribution in [1.82, 2.24) is 4.98 Å². The highest BCUT2D eigenvalue weighted by Gasteiger charge is 1.99. The molecule has 48 valence electrons. The lowest BCUT2D eigenvalue weighted by Crippen LogP contribution is -1.84. The van der Waals surface area contributed by atoms with Gasteiger partial charge in [0.05, 0.1) is 10.2 Å². The van der Waals surface area contributed by atoms with Gasteiger partial charge in [-0.25, -0.2) is 4.39 Å². The third-order valence-electron chi connectivity index (χ3n) is 1.02. The Morgan fingerprint density at radius 2 is 2.33 bits per heavy atom. The van der Waals surface area contributed by atoms with Crippen LogP contribution in [0.4, 0.5) is 4.39 Å². The Balaban J connectivity index is 3.25. The van der Waals surface area contributed by atoms with Crippen LogP contribution in [0.2, 0.25) is 0 Å². The van der Waals surface area contributed by atoms with E-state index in [0.717, 1.165) is 0 Å². The summed E-state index contributed by atoms with van der Waals surface area (Å²) in [6.07, 6.45) is 1.44. The molecule has 1 aromatic rings. The Kier molecular flexibility index (Phi) is 1.81. The van der Waals surface area contributed by atoms with Gasteiger partial charge < -0.3 is 0 Å². The number of aromatic nitrogens is 1. The maximum atomic E-state index is 12.5. The quantitative estimate of drug-likeness (QED) is 0.611. The van der Waals surface area contributed by atoms with E-state index in [2.05, 4.69) is 20.9 Å². The van der Waals surface area contributed by atoms with Crippen LogP contribution >= 0.6 is 15.9 Å². The first-order chi connectivity index (χ1) is 4.22. The Morgan fingerprint density at radius 3 is 2.78 bits per heavy atom. The first-order valence-electron chi connectivity index (χ1n) is 2.48. The van der Waals surface area contributed by atoms with Crippen LogP contribution in [-0.4, -0.2) is 4.98 Å². The van der Waals surface area contributed by atoms with Crippen molar-refractivity contribution in [1.29, 1.82) is 0 Å². The summed E-state index contributed by atoms with van der Waals surface area (Å²) in [6.45, 7) is 1.74. The van der Waals surface area contributed by atoms with Crippen molar-refractivity contribution in [3.8, 4) is 0 Å². The lowest BCUT2D eigenvalue weighted by atomic mass is 10.4. The summed E-state index contributed by atoms with van der Waals surface area (Å²) in [4.78, 5) is 3.85. The molecule has 0 aliphatic heterocycles. The number of rotatable bonds is 0. The van der Waals surface area contributed by atoms with Gasteiger partial charge in [0.2, 0.25) is 0 Å². The predicted octanol–water partition coefficient (Wildman–Crippen LogP) is 2.29. The molecule has 0 saturated heterocycles. The van der Waals surface area contributed by atoms with Gasteiger partial charge in [-0.3, -0.25) is 4.98 Å². The second-order valence-corrected chi connectivity index (χ2v) is 2.49. The Hall–Kier alpha value is -0.440. The van der Waals surface area contributed by atoms with Gasteiger partial charge in [-0.15, -0.1) is 0 Å². The molecule has 0 aliphatic carbocycles. The predicted molar refractivity (Wildman–Crippen MR) is 36.6 cm³/mol. The van der Waals surface area contributed by atoms with Gasteiger partial charge in [-0.05, 0) is 28.9 Å². The Bertz CT molecular complexity index is 204. The maximum Gasteiger partial charge on any atom is 0.140 e. The molecule has 0 unspecified atom stereocenters. The summed E-state index contributed by atoms with van der Waals surface area (Å²) >= 11 is 3.04. The first-order valence-corrected chi connectivity index (χ1v) is 3.27. The third-order valence-corrected chi connectivity index (χ3v) is 1.97. The largest absolute Gasteiger partial charge is 0.260 e. The van der Waals surface area contributed by atoms with Gasteiger partial charge in [0.1, 0.15) is 5.82 Å². The highest BCUT2D eigenvalue weighted by molar-refractivity contribution is 9.10. The van der Waals surface area contributed by atoms with Gasteiger partial charge in [0, 0.05) is 6.20 Å². The van der Waals surface area contributed by atoms with Crippen LogP contribution in [0.25, 0.3) is 0 Å². The van der Waals surface area contributed by atoms with Gasteiger partial charge >= 0.3 is 0 Å². The highest BCUT2D eigenvalue weighted by atomic mass is 79.9. The van der Waals surface area contributed by atoms with E-state index in [1.807, 2.05) is 0 Å². The number of hydrogen-bond donors (Lipinski definition) is 0.